The van der Waals surface area contributed by atoms with Crippen LogP contribution in [0.4, 0.5) is 13.2 Å². The number of benzene rings is 1. The average Bonchev–Trinajstić information content (AvgIpc) is 3.22. The number of carbonyl (C=O) groups excluding carboxylic acids is 2. The highest BCUT2D eigenvalue weighted by molar-refractivity contribution is 7.09. The molecule has 3 aromatic rings. The summed E-state index contributed by atoms with van der Waals surface area (Å²) in [6.45, 7) is 0.609. The van der Waals surface area contributed by atoms with E-state index in [0.29, 0.717) is 16.1 Å². The summed E-state index contributed by atoms with van der Waals surface area (Å²) in [6.07, 6.45) is -4.62. The highest BCUT2D eigenvalue weighted by atomic mass is 32.1. The van der Waals surface area contributed by atoms with Crippen LogP contribution >= 0.6 is 11.3 Å². The summed E-state index contributed by atoms with van der Waals surface area (Å²) in [4.78, 5) is 45.7. The topological polar surface area (TPSA) is 120 Å². The van der Waals surface area contributed by atoms with Gasteiger partial charge in [-0.25, -0.2) is 4.98 Å². The van der Waals surface area contributed by atoms with Gasteiger partial charge in [-0.05, 0) is 19.1 Å². The van der Waals surface area contributed by atoms with Gasteiger partial charge in [-0.2, -0.15) is 13.2 Å². The van der Waals surface area contributed by atoms with Crippen molar-refractivity contribution in [3.8, 4) is 5.75 Å². The highest BCUT2D eigenvalue weighted by Crippen LogP contribution is 2.31. The maximum atomic E-state index is 12.9. The molecular formula is C19H16F3N3O6S. The smallest absolute Gasteiger partial charge is 0.443 e. The number of thiazole rings is 1. The number of aromatic nitrogens is 2. The van der Waals surface area contributed by atoms with Gasteiger partial charge in [0.25, 0.3) is 11.5 Å². The molecule has 1 aromatic carbocycles. The number of nitrogens with zero attached hydrogens (tertiary/aromatic N) is 2. The van der Waals surface area contributed by atoms with E-state index < -0.39 is 53.1 Å². The summed E-state index contributed by atoms with van der Waals surface area (Å²) < 4.78 is 43.6. The largest absolute Gasteiger partial charge is 0.506 e. The maximum absolute atomic E-state index is 12.9. The Morgan fingerprint density at radius 1 is 1.28 bits per heavy atom. The fourth-order valence-electron chi connectivity index (χ4n) is 2.72. The molecule has 0 aliphatic rings. The van der Waals surface area contributed by atoms with E-state index in [0.717, 1.165) is 5.38 Å². The molecule has 0 aliphatic carbocycles. The molecule has 0 atom stereocenters. The third-order valence-electron chi connectivity index (χ3n) is 4.07. The summed E-state index contributed by atoms with van der Waals surface area (Å²) in [6, 6.07) is 5.90. The minimum atomic E-state index is -4.62. The fourth-order valence-corrected chi connectivity index (χ4v) is 3.39. The summed E-state index contributed by atoms with van der Waals surface area (Å²) in [5, 5.41) is 12.8. The number of hydrogen-bond acceptors (Lipinski definition) is 8. The summed E-state index contributed by atoms with van der Waals surface area (Å²) in [5.74, 6) is -2.45. The molecule has 2 heterocycles. The van der Waals surface area contributed by atoms with Gasteiger partial charge in [0.2, 0.25) is 0 Å². The maximum Gasteiger partial charge on any atom is 0.443 e. The Morgan fingerprint density at radius 3 is 2.66 bits per heavy atom. The lowest BCUT2D eigenvalue weighted by atomic mass is 10.1. The Morgan fingerprint density at radius 2 is 2.00 bits per heavy atom. The van der Waals surface area contributed by atoms with E-state index in [1.54, 1.807) is 6.92 Å². The number of pyridine rings is 1. The van der Waals surface area contributed by atoms with E-state index in [-0.39, 0.29) is 23.2 Å². The molecule has 0 spiro atoms. The molecule has 2 aromatic heterocycles. The van der Waals surface area contributed by atoms with E-state index in [4.69, 9.17) is 4.84 Å². The number of halogens is 3. The molecule has 0 radical (unpaired) electrons. The fraction of sp³-hybridized carbons (Fsp3) is 0.263. The Labute approximate surface area is 182 Å². The van der Waals surface area contributed by atoms with E-state index in [1.807, 2.05) is 0 Å². The van der Waals surface area contributed by atoms with Gasteiger partial charge in [-0.3, -0.25) is 14.4 Å². The second kappa shape index (κ2) is 9.26. The van der Waals surface area contributed by atoms with Crippen molar-refractivity contribution in [2.24, 2.45) is 0 Å². The monoisotopic (exact) mass is 471 g/mol. The first-order valence-corrected chi connectivity index (χ1v) is 9.96. The van der Waals surface area contributed by atoms with Gasteiger partial charge in [0, 0.05) is 10.8 Å². The third kappa shape index (κ3) is 4.82. The molecule has 0 unspecified atom stereocenters. The van der Waals surface area contributed by atoms with Crippen LogP contribution < -0.4 is 15.7 Å². The van der Waals surface area contributed by atoms with Crippen LogP contribution in [0.3, 0.4) is 0 Å². The normalized spacial score (nSPS) is 11.4. The first-order chi connectivity index (χ1) is 15.1. The number of amides is 1. The Bertz CT molecular complexity index is 1220. The molecule has 9 nitrogen and oxygen atoms in total. The minimum absolute atomic E-state index is 0.0719. The number of esters is 1. The molecule has 0 bridgehead atoms. The van der Waals surface area contributed by atoms with Crippen molar-refractivity contribution in [3.05, 3.63) is 56.3 Å². The van der Waals surface area contributed by atoms with E-state index in [9.17, 15) is 32.7 Å². The molecule has 32 heavy (non-hydrogen) atoms. The number of fused-ring (bicyclic) bond motifs is 1. The second-order valence-electron chi connectivity index (χ2n) is 6.24. The van der Waals surface area contributed by atoms with Crippen molar-refractivity contribution >= 4 is 34.1 Å². The second-order valence-corrected chi connectivity index (χ2v) is 7.10. The molecule has 0 aliphatic heterocycles. The zero-order valence-electron chi connectivity index (χ0n) is 16.4. The third-order valence-corrected chi connectivity index (χ3v) is 5.01. The standard InChI is InChI=1S/C19H16F3N3O6S/c1-2-30-13(26)7-23-16(28)14-15(27)11-5-3-4-6-12(11)25(17(14)29)31-8-10-9-32-18(24-10)19(20,21)22/h3-6,9,27H,2,7-8H2,1H3,(H,23,28). The molecule has 0 saturated carbocycles. The summed E-state index contributed by atoms with van der Waals surface area (Å²) in [7, 11) is 0. The predicted molar refractivity (Wildman–Crippen MR) is 106 cm³/mol. The van der Waals surface area contributed by atoms with Crippen LogP contribution in [0.5, 0.6) is 5.75 Å². The number of alkyl halides is 3. The Hall–Kier alpha value is -3.61. The van der Waals surface area contributed by atoms with Crippen molar-refractivity contribution in [2.75, 3.05) is 13.2 Å². The quantitative estimate of drug-likeness (QED) is 0.507. The van der Waals surface area contributed by atoms with Crippen molar-refractivity contribution < 1.29 is 37.4 Å². The van der Waals surface area contributed by atoms with Crippen molar-refractivity contribution in [1.29, 1.82) is 0 Å². The lowest BCUT2D eigenvalue weighted by Gasteiger charge is -2.15. The number of nitrogens with one attached hydrogen (secondary N) is 1. The molecule has 0 saturated heterocycles. The molecular weight excluding hydrogens is 455 g/mol. The molecule has 3 rings (SSSR count). The van der Waals surface area contributed by atoms with Gasteiger partial charge < -0.3 is 20.0 Å². The number of ether oxygens (including phenoxy) is 1. The SMILES string of the molecule is CCOC(=O)CNC(=O)c1c(O)c2ccccc2n(OCc2csc(C(F)(F)F)n2)c1=O. The summed E-state index contributed by atoms with van der Waals surface area (Å²) >= 11 is 0.372. The van der Waals surface area contributed by atoms with E-state index >= 15 is 0 Å². The number of hydrogen-bond donors (Lipinski definition) is 2. The Kier molecular flexibility index (Phi) is 6.67. The van der Waals surface area contributed by atoms with Crippen LogP contribution in [0.1, 0.15) is 28.0 Å². The highest BCUT2D eigenvalue weighted by Gasteiger charge is 2.34. The van der Waals surface area contributed by atoms with Crippen molar-refractivity contribution in [2.45, 2.75) is 19.7 Å². The predicted octanol–water partition coefficient (Wildman–Crippen LogP) is 2.10. The minimum Gasteiger partial charge on any atom is -0.506 e. The van der Waals surface area contributed by atoms with E-state index in [2.05, 4.69) is 15.0 Å². The van der Waals surface area contributed by atoms with Gasteiger partial charge in [-0.1, -0.05) is 12.1 Å². The van der Waals surface area contributed by atoms with Crippen LogP contribution in [0.2, 0.25) is 0 Å². The van der Waals surface area contributed by atoms with Gasteiger partial charge in [0.15, 0.2) is 17.2 Å². The van der Waals surface area contributed by atoms with Crippen molar-refractivity contribution in [1.82, 2.24) is 15.0 Å². The molecule has 1 amide bonds. The first kappa shape index (κ1) is 23.1. The molecule has 0 fully saturated rings. The van der Waals surface area contributed by atoms with Crippen LogP contribution in [0, 0.1) is 0 Å². The number of carbonyl (C=O) groups is 2. The zero-order chi connectivity index (χ0) is 23.5. The van der Waals surface area contributed by atoms with Crippen LogP contribution in [0.25, 0.3) is 10.9 Å². The van der Waals surface area contributed by atoms with Crippen LogP contribution in [-0.2, 0) is 22.3 Å². The number of aromatic hydroxyl groups is 1. The van der Waals surface area contributed by atoms with Gasteiger partial charge in [0.1, 0.15) is 12.3 Å². The Balaban J connectivity index is 1.95. The van der Waals surface area contributed by atoms with Crippen LogP contribution in [0.15, 0.2) is 34.4 Å². The number of para-hydroxylation sites is 1. The molecule has 2 N–H and O–H groups in total. The molecule has 170 valence electrons. The number of rotatable bonds is 7. The van der Waals surface area contributed by atoms with Gasteiger partial charge >= 0.3 is 12.1 Å². The van der Waals surface area contributed by atoms with Gasteiger partial charge in [0.05, 0.1) is 17.8 Å². The average molecular weight is 471 g/mol. The first-order valence-electron chi connectivity index (χ1n) is 9.09. The lowest BCUT2D eigenvalue weighted by Crippen LogP contribution is -2.38. The molecule has 13 heteroatoms. The zero-order valence-corrected chi connectivity index (χ0v) is 17.2. The lowest BCUT2D eigenvalue weighted by molar-refractivity contribution is -0.142. The van der Waals surface area contributed by atoms with Crippen LogP contribution in [-0.4, -0.2) is 39.8 Å². The summed E-state index contributed by atoms with van der Waals surface area (Å²) in [5.41, 5.74) is -1.79. The van der Waals surface area contributed by atoms with E-state index in [1.165, 1.54) is 24.3 Å². The van der Waals surface area contributed by atoms with Crippen molar-refractivity contribution in [3.63, 3.8) is 0 Å². The van der Waals surface area contributed by atoms with Gasteiger partial charge in [-0.15, -0.1) is 16.1 Å².